The van der Waals surface area contributed by atoms with Crippen LogP contribution in [0.4, 0.5) is 18.0 Å². The first-order chi connectivity index (χ1) is 11.4. The number of fused-ring (bicyclic) bond motifs is 1. The van der Waals surface area contributed by atoms with Crippen LogP contribution in [0.1, 0.15) is 50.0 Å². The lowest BCUT2D eigenvalue weighted by atomic mass is 9.86. The molecule has 132 valence electrons. The standard InChI is InChI=1S/C16H21F3N4O/c17-16(18,19)13-20-9-11-10-22(6-7-23(11)13)14(24)21-12-8-15(12)4-2-1-3-5-15/h9,12H,1-8,10H2,(H,21,24). The zero-order chi connectivity index (χ0) is 16.9. The van der Waals surface area contributed by atoms with Crippen LogP contribution < -0.4 is 5.32 Å². The summed E-state index contributed by atoms with van der Waals surface area (Å²) in [4.78, 5) is 17.5. The summed E-state index contributed by atoms with van der Waals surface area (Å²) in [6, 6.07) is 0.0753. The Bertz CT molecular complexity index is 648. The molecule has 1 aromatic heterocycles. The number of imidazole rings is 1. The number of nitrogens with zero attached hydrogens (tertiary/aromatic N) is 3. The van der Waals surface area contributed by atoms with E-state index in [9.17, 15) is 18.0 Å². The summed E-state index contributed by atoms with van der Waals surface area (Å²) in [6.07, 6.45) is 3.92. The van der Waals surface area contributed by atoms with Gasteiger partial charge < -0.3 is 14.8 Å². The Balaban J connectivity index is 1.38. The average molecular weight is 342 g/mol. The van der Waals surface area contributed by atoms with Gasteiger partial charge in [0.2, 0.25) is 5.82 Å². The lowest BCUT2D eigenvalue weighted by Gasteiger charge is -2.30. The molecule has 1 aliphatic heterocycles. The van der Waals surface area contributed by atoms with E-state index in [1.165, 1.54) is 42.9 Å². The fourth-order valence-corrected chi connectivity index (χ4v) is 4.28. The molecule has 2 amide bonds. The summed E-state index contributed by atoms with van der Waals surface area (Å²) in [5, 5.41) is 3.09. The van der Waals surface area contributed by atoms with Gasteiger partial charge in [-0.15, -0.1) is 0 Å². The van der Waals surface area contributed by atoms with Gasteiger partial charge in [-0.2, -0.15) is 13.2 Å². The molecule has 2 aliphatic carbocycles. The molecule has 4 rings (SSSR count). The molecule has 1 aromatic rings. The van der Waals surface area contributed by atoms with E-state index in [0.29, 0.717) is 11.1 Å². The highest BCUT2D eigenvalue weighted by atomic mass is 19.4. The number of hydrogen-bond donors (Lipinski definition) is 1. The molecule has 2 saturated carbocycles. The SMILES string of the molecule is O=C(NC1CC12CCCCC2)N1CCn2c(cnc2C(F)(F)F)C1. The van der Waals surface area contributed by atoms with Crippen molar-refractivity contribution in [2.45, 2.75) is 63.8 Å². The van der Waals surface area contributed by atoms with Crippen molar-refractivity contribution in [2.24, 2.45) is 5.41 Å². The minimum atomic E-state index is -4.45. The topological polar surface area (TPSA) is 50.2 Å². The zero-order valence-electron chi connectivity index (χ0n) is 13.4. The van der Waals surface area contributed by atoms with Crippen LogP contribution >= 0.6 is 0 Å². The van der Waals surface area contributed by atoms with Gasteiger partial charge in [0.25, 0.3) is 0 Å². The van der Waals surface area contributed by atoms with Crippen molar-refractivity contribution < 1.29 is 18.0 Å². The number of urea groups is 1. The van der Waals surface area contributed by atoms with Gasteiger partial charge in [0.1, 0.15) is 0 Å². The predicted molar refractivity (Wildman–Crippen MR) is 80.1 cm³/mol. The van der Waals surface area contributed by atoms with E-state index in [4.69, 9.17) is 0 Å². The van der Waals surface area contributed by atoms with Gasteiger partial charge >= 0.3 is 12.2 Å². The first kappa shape index (κ1) is 15.8. The number of hydrogen-bond acceptors (Lipinski definition) is 2. The van der Waals surface area contributed by atoms with Crippen LogP contribution in [0.15, 0.2) is 6.20 Å². The van der Waals surface area contributed by atoms with E-state index in [1.54, 1.807) is 4.90 Å². The minimum absolute atomic E-state index is 0.132. The van der Waals surface area contributed by atoms with E-state index in [0.717, 1.165) is 6.42 Å². The van der Waals surface area contributed by atoms with Gasteiger partial charge in [-0.25, -0.2) is 9.78 Å². The Morgan fingerprint density at radius 1 is 1.25 bits per heavy atom. The minimum Gasteiger partial charge on any atom is -0.335 e. The van der Waals surface area contributed by atoms with Crippen LogP contribution in [0.3, 0.4) is 0 Å². The maximum Gasteiger partial charge on any atom is 0.449 e. The van der Waals surface area contributed by atoms with E-state index >= 15 is 0 Å². The van der Waals surface area contributed by atoms with Crippen LogP contribution in [0.2, 0.25) is 0 Å². The smallest absolute Gasteiger partial charge is 0.335 e. The van der Waals surface area contributed by atoms with Crippen molar-refractivity contribution in [3.63, 3.8) is 0 Å². The zero-order valence-corrected chi connectivity index (χ0v) is 13.4. The largest absolute Gasteiger partial charge is 0.449 e. The number of carbonyl (C=O) groups is 1. The first-order valence-corrected chi connectivity index (χ1v) is 8.56. The van der Waals surface area contributed by atoms with Gasteiger partial charge in [0.05, 0.1) is 18.4 Å². The van der Waals surface area contributed by atoms with Gasteiger partial charge in [0.15, 0.2) is 0 Å². The third-order valence-electron chi connectivity index (χ3n) is 5.76. The molecular formula is C16H21F3N4O. The Labute approximate surface area is 138 Å². The van der Waals surface area contributed by atoms with Crippen molar-refractivity contribution in [1.82, 2.24) is 19.8 Å². The molecule has 1 N–H and O–H groups in total. The normalized spacial score (nSPS) is 25.5. The van der Waals surface area contributed by atoms with E-state index in [2.05, 4.69) is 10.3 Å². The Kier molecular flexibility index (Phi) is 3.54. The maximum atomic E-state index is 12.9. The van der Waals surface area contributed by atoms with Crippen LogP contribution in [0.5, 0.6) is 0 Å². The summed E-state index contributed by atoms with van der Waals surface area (Å²) in [5.41, 5.74) is 0.737. The number of aromatic nitrogens is 2. The van der Waals surface area contributed by atoms with E-state index in [-0.39, 0.29) is 31.7 Å². The van der Waals surface area contributed by atoms with Crippen molar-refractivity contribution in [3.05, 3.63) is 17.7 Å². The molecule has 8 heteroatoms. The van der Waals surface area contributed by atoms with Gasteiger partial charge in [-0.1, -0.05) is 19.3 Å². The lowest BCUT2D eigenvalue weighted by Crippen LogP contribution is -2.46. The van der Waals surface area contributed by atoms with Crippen LogP contribution in [0, 0.1) is 5.41 Å². The molecule has 1 unspecified atom stereocenters. The molecule has 1 atom stereocenters. The van der Waals surface area contributed by atoms with Crippen LogP contribution in [-0.2, 0) is 19.3 Å². The number of rotatable bonds is 1. The molecule has 0 bridgehead atoms. The summed E-state index contributed by atoms with van der Waals surface area (Å²) in [7, 11) is 0. The number of amides is 2. The quantitative estimate of drug-likeness (QED) is 0.852. The highest BCUT2D eigenvalue weighted by Gasteiger charge is 2.54. The number of halogens is 3. The molecule has 3 aliphatic rings. The highest BCUT2D eigenvalue weighted by molar-refractivity contribution is 5.75. The first-order valence-electron chi connectivity index (χ1n) is 8.56. The van der Waals surface area contributed by atoms with Crippen LogP contribution in [0.25, 0.3) is 0 Å². The molecule has 0 aromatic carbocycles. The monoisotopic (exact) mass is 342 g/mol. The molecule has 0 saturated heterocycles. The summed E-state index contributed by atoms with van der Waals surface area (Å²) in [5.74, 6) is -0.874. The highest BCUT2D eigenvalue weighted by Crippen LogP contribution is 2.56. The molecule has 2 fully saturated rings. The third kappa shape index (κ3) is 2.65. The third-order valence-corrected chi connectivity index (χ3v) is 5.76. The fraction of sp³-hybridized carbons (Fsp3) is 0.750. The van der Waals surface area contributed by atoms with Gasteiger partial charge in [0, 0.05) is 19.1 Å². The molecular weight excluding hydrogens is 321 g/mol. The summed E-state index contributed by atoms with van der Waals surface area (Å²) in [6.45, 7) is 0.583. The molecule has 2 heterocycles. The Morgan fingerprint density at radius 3 is 2.71 bits per heavy atom. The van der Waals surface area contributed by atoms with Crippen molar-refractivity contribution in [2.75, 3.05) is 6.54 Å². The second-order valence-electron chi connectivity index (χ2n) is 7.27. The van der Waals surface area contributed by atoms with E-state index in [1.807, 2.05) is 0 Å². The fourth-order valence-electron chi connectivity index (χ4n) is 4.28. The number of alkyl halides is 3. The van der Waals surface area contributed by atoms with Crippen molar-refractivity contribution in [3.8, 4) is 0 Å². The molecule has 0 radical (unpaired) electrons. The van der Waals surface area contributed by atoms with Gasteiger partial charge in [-0.05, 0) is 24.7 Å². The number of carbonyl (C=O) groups excluding carboxylic acids is 1. The van der Waals surface area contributed by atoms with Crippen molar-refractivity contribution in [1.29, 1.82) is 0 Å². The molecule has 5 nitrogen and oxygen atoms in total. The second-order valence-corrected chi connectivity index (χ2v) is 7.27. The molecule has 1 spiro atoms. The Hall–Kier alpha value is -1.73. The lowest BCUT2D eigenvalue weighted by molar-refractivity contribution is -0.147. The maximum absolute atomic E-state index is 12.9. The summed E-state index contributed by atoms with van der Waals surface area (Å²) < 4.78 is 39.8. The predicted octanol–water partition coefficient (Wildman–Crippen LogP) is 3.15. The van der Waals surface area contributed by atoms with Crippen molar-refractivity contribution >= 4 is 6.03 Å². The average Bonchev–Trinajstić information content (AvgIpc) is 3.00. The summed E-state index contributed by atoms with van der Waals surface area (Å²) >= 11 is 0. The molecule has 24 heavy (non-hydrogen) atoms. The van der Waals surface area contributed by atoms with Crippen LogP contribution in [-0.4, -0.2) is 33.1 Å². The number of nitrogens with one attached hydrogen (secondary N) is 1. The van der Waals surface area contributed by atoms with Gasteiger partial charge in [-0.3, -0.25) is 0 Å². The van der Waals surface area contributed by atoms with E-state index < -0.39 is 12.0 Å². The Morgan fingerprint density at radius 2 is 2.00 bits per heavy atom. The second kappa shape index (κ2) is 5.39.